The van der Waals surface area contributed by atoms with E-state index in [1.165, 1.54) is 0 Å². The summed E-state index contributed by atoms with van der Waals surface area (Å²) in [5.74, 6) is -0.262. The van der Waals surface area contributed by atoms with Gasteiger partial charge in [-0.3, -0.25) is 5.41 Å². The number of ether oxygens (including phenoxy) is 1. The molecule has 0 saturated carbocycles. The van der Waals surface area contributed by atoms with Crippen molar-refractivity contribution in [1.82, 2.24) is 0 Å². The van der Waals surface area contributed by atoms with Crippen LogP contribution in [-0.2, 0) is 4.74 Å². The summed E-state index contributed by atoms with van der Waals surface area (Å²) >= 11 is 0. The van der Waals surface area contributed by atoms with Crippen LogP contribution in [0.25, 0.3) is 0 Å². The van der Waals surface area contributed by atoms with Crippen molar-refractivity contribution in [1.29, 1.82) is 5.41 Å². The fourth-order valence-electron chi connectivity index (χ4n) is 0.436. The molecule has 0 rings (SSSR count). The zero-order valence-corrected chi connectivity index (χ0v) is 6.87. The monoisotopic (exact) mass is 161 g/mol. The lowest BCUT2D eigenvalue weighted by Crippen LogP contribution is -2.21. The van der Waals surface area contributed by atoms with Gasteiger partial charge in [-0.2, -0.15) is 0 Å². The molecule has 0 aliphatic heterocycles. The molecule has 0 aliphatic carbocycles. The number of hydrogen-bond acceptors (Lipinski definition) is 4. The van der Waals surface area contributed by atoms with Crippen molar-refractivity contribution in [3.8, 4) is 0 Å². The third-order valence-electron chi connectivity index (χ3n) is 1.20. The second-order valence-corrected chi connectivity index (χ2v) is 2.61. The highest BCUT2D eigenvalue weighted by atomic mass is 16.5. The predicted octanol–water partition coefficient (Wildman–Crippen LogP) is -0.0105. The van der Waals surface area contributed by atoms with Crippen LogP contribution >= 0.6 is 0 Å². The number of hydrogen-bond donors (Lipinski definition) is 3. The van der Waals surface area contributed by atoms with Crippen LogP contribution in [0.5, 0.6) is 0 Å². The number of nitrogens with one attached hydrogen (secondary N) is 1. The fraction of sp³-hybridized carbons (Fsp3) is 0.857. The Labute approximate surface area is 66.3 Å². The Hall–Kier alpha value is -0.610. The molecule has 0 aromatic rings. The van der Waals surface area contributed by atoms with Gasteiger partial charge in [-0.15, -0.1) is 0 Å². The van der Waals surface area contributed by atoms with E-state index in [-0.39, 0.29) is 25.0 Å². The Morgan fingerprint density at radius 3 is 2.45 bits per heavy atom. The minimum Gasteiger partial charge on any atom is -0.478 e. The van der Waals surface area contributed by atoms with E-state index in [9.17, 15) is 0 Å². The number of rotatable bonds is 4. The van der Waals surface area contributed by atoms with Crippen LogP contribution in [0.2, 0.25) is 0 Å². The van der Waals surface area contributed by atoms with E-state index in [1.807, 2.05) is 0 Å². The van der Waals surface area contributed by atoms with Gasteiger partial charge in [-0.25, -0.2) is 0 Å². The van der Waals surface area contributed by atoms with Gasteiger partial charge in [0, 0.05) is 0 Å². The zero-order chi connectivity index (χ0) is 8.85. The van der Waals surface area contributed by atoms with E-state index in [4.69, 9.17) is 20.4 Å². The summed E-state index contributed by atoms with van der Waals surface area (Å²) < 4.78 is 4.83. The third-order valence-corrected chi connectivity index (χ3v) is 1.20. The molecule has 66 valence electrons. The van der Waals surface area contributed by atoms with E-state index in [1.54, 1.807) is 13.8 Å². The smallest absolute Gasteiger partial charge is 0.185 e. The first-order chi connectivity index (χ1) is 5.07. The molecule has 0 aromatic heterocycles. The molecule has 4 nitrogen and oxygen atoms in total. The molecule has 0 bridgehead atoms. The van der Waals surface area contributed by atoms with Gasteiger partial charge in [0.2, 0.25) is 0 Å². The summed E-state index contributed by atoms with van der Waals surface area (Å²) in [6.07, 6.45) is -0.568. The largest absolute Gasteiger partial charge is 0.478 e. The van der Waals surface area contributed by atoms with Gasteiger partial charge in [-0.1, -0.05) is 6.92 Å². The Morgan fingerprint density at radius 1 is 1.55 bits per heavy atom. The zero-order valence-electron chi connectivity index (χ0n) is 6.87. The highest BCUT2D eigenvalue weighted by molar-refractivity contribution is 5.75. The lowest BCUT2D eigenvalue weighted by atomic mass is 10.2. The van der Waals surface area contributed by atoms with Gasteiger partial charge in [0.15, 0.2) is 5.90 Å². The maximum Gasteiger partial charge on any atom is 0.185 e. The number of aliphatic hydroxyl groups is 2. The molecule has 4 heteroatoms. The van der Waals surface area contributed by atoms with Crippen LogP contribution in [0.15, 0.2) is 0 Å². The predicted molar refractivity (Wildman–Crippen MR) is 41.6 cm³/mol. The van der Waals surface area contributed by atoms with Crippen molar-refractivity contribution in [3.05, 3.63) is 0 Å². The molecular formula is C7H15NO3. The van der Waals surface area contributed by atoms with Crippen LogP contribution < -0.4 is 0 Å². The summed E-state index contributed by atoms with van der Waals surface area (Å²) in [4.78, 5) is 0. The average molecular weight is 161 g/mol. The molecule has 0 heterocycles. The van der Waals surface area contributed by atoms with Crippen LogP contribution in [0.3, 0.4) is 0 Å². The Bertz CT molecular complexity index is 125. The van der Waals surface area contributed by atoms with Crippen molar-refractivity contribution in [2.45, 2.75) is 20.0 Å². The van der Waals surface area contributed by atoms with Crippen molar-refractivity contribution in [2.24, 2.45) is 5.92 Å². The second-order valence-electron chi connectivity index (χ2n) is 2.61. The minimum atomic E-state index is -0.568. The second kappa shape index (κ2) is 5.09. The topological polar surface area (TPSA) is 73.5 Å². The van der Waals surface area contributed by atoms with Crippen LogP contribution in [0.1, 0.15) is 13.8 Å². The van der Waals surface area contributed by atoms with E-state index in [0.29, 0.717) is 0 Å². The van der Waals surface area contributed by atoms with Gasteiger partial charge in [0.25, 0.3) is 0 Å². The molecule has 2 unspecified atom stereocenters. The first-order valence-corrected chi connectivity index (χ1v) is 3.58. The van der Waals surface area contributed by atoms with Crippen LogP contribution in [0.4, 0.5) is 0 Å². The lowest BCUT2D eigenvalue weighted by molar-refractivity contribution is 0.108. The molecule has 0 radical (unpaired) electrons. The maximum atomic E-state index is 8.77. The van der Waals surface area contributed by atoms with Crippen molar-refractivity contribution in [3.63, 3.8) is 0 Å². The molecular weight excluding hydrogens is 146 g/mol. The summed E-state index contributed by atoms with van der Waals surface area (Å²) in [7, 11) is 0. The summed E-state index contributed by atoms with van der Waals surface area (Å²) in [5, 5.41) is 24.6. The molecule has 11 heavy (non-hydrogen) atoms. The van der Waals surface area contributed by atoms with Gasteiger partial charge < -0.3 is 14.9 Å². The highest BCUT2D eigenvalue weighted by Crippen LogP contribution is 1.97. The summed E-state index contributed by atoms with van der Waals surface area (Å²) in [6, 6.07) is 0. The third kappa shape index (κ3) is 4.75. The Morgan fingerprint density at radius 2 is 2.09 bits per heavy atom. The summed E-state index contributed by atoms with van der Waals surface area (Å²) in [6.45, 7) is 3.28. The molecule has 0 aliphatic rings. The Balaban J connectivity index is 3.52. The number of aliphatic hydroxyl groups excluding tert-OH is 2. The van der Waals surface area contributed by atoms with Crippen molar-refractivity contribution in [2.75, 3.05) is 13.2 Å². The van der Waals surface area contributed by atoms with Gasteiger partial charge in [0.1, 0.15) is 6.61 Å². The van der Waals surface area contributed by atoms with Gasteiger partial charge >= 0.3 is 0 Å². The maximum absolute atomic E-state index is 8.77. The quantitative estimate of drug-likeness (QED) is 0.401. The standard InChI is InChI=1S/C7H15NO3/c1-5(3-9)7(8)11-4-6(2)10/h5-6,8-10H,3-4H2,1-2H3. The molecule has 3 N–H and O–H groups in total. The SMILES string of the molecule is CC(O)COC(=N)C(C)CO. The molecule has 0 fully saturated rings. The lowest BCUT2D eigenvalue weighted by Gasteiger charge is -2.12. The van der Waals surface area contributed by atoms with Crippen molar-refractivity contribution >= 4 is 5.90 Å². The molecule has 0 amide bonds. The molecule has 0 spiro atoms. The fourth-order valence-corrected chi connectivity index (χ4v) is 0.436. The van der Waals surface area contributed by atoms with E-state index < -0.39 is 6.10 Å². The normalized spacial score (nSPS) is 15.6. The molecule has 0 aromatic carbocycles. The van der Waals surface area contributed by atoms with Gasteiger partial charge in [0.05, 0.1) is 18.6 Å². The minimum absolute atomic E-state index is 0.0217. The first kappa shape index (κ1) is 10.4. The Kier molecular flexibility index (Phi) is 4.81. The summed E-state index contributed by atoms with van der Waals surface area (Å²) in [5.41, 5.74) is 0. The molecule has 2 atom stereocenters. The van der Waals surface area contributed by atoms with E-state index in [0.717, 1.165) is 0 Å². The van der Waals surface area contributed by atoms with Crippen LogP contribution in [0, 0.1) is 11.3 Å². The first-order valence-electron chi connectivity index (χ1n) is 3.58. The van der Waals surface area contributed by atoms with E-state index >= 15 is 0 Å². The van der Waals surface area contributed by atoms with E-state index in [2.05, 4.69) is 0 Å². The van der Waals surface area contributed by atoms with Gasteiger partial charge in [-0.05, 0) is 6.92 Å². The average Bonchev–Trinajstić information content (AvgIpc) is 1.98. The van der Waals surface area contributed by atoms with Crippen LogP contribution in [-0.4, -0.2) is 35.4 Å². The highest BCUT2D eigenvalue weighted by Gasteiger charge is 2.09. The van der Waals surface area contributed by atoms with Crippen molar-refractivity contribution < 1.29 is 14.9 Å². The molecule has 0 saturated heterocycles.